The number of halogens is 1. The number of phenols is 1. The molecule has 0 bridgehead atoms. The molecule has 1 aliphatic rings. The van der Waals surface area contributed by atoms with Gasteiger partial charge in [0.25, 0.3) is 5.91 Å². The van der Waals surface area contributed by atoms with Crippen molar-refractivity contribution in [1.29, 1.82) is 10.5 Å². The third-order valence-electron chi connectivity index (χ3n) is 4.83. The summed E-state index contributed by atoms with van der Waals surface area (Å²) in [6.07, 6.45) is 0. The summed E-state index contributed by atoms with van der Waals surface area (Å²) >= 11 is 0. The second-order valence-corrected chi connectivity index (χ2v) is 7.01. The van der Waals surface area contributed by atoms with Crippen molar-refractivity contribution in [1.82, 2.24) is 4.90 Å². The van der Waals surface area contributed by atoms with Gasteiger partial charge in [-0.3, -0.25) is 4.79 Å². The number of rotatable bonds is 4. The maximum absolute atomic E-state index is 14.5. The molecule has 2 aromatic carbocycles. The van der Waals surface area contributed by atoms with Crippen molar-refractivity contribution in [2.24, 2.45) is 0 Å². The van der Waals surface area contributed by atoms with Gasteiger partial charge in [-0.05, 0) is 30.7 Å². The van der Waals surface area contributed by atoms with Gasteiger partial charge in [-0.1, -0.05) is 0 Å². The van der Waals surface area contributed by atoms with Crippen LogP contribution in [0.1, 0.15) is 22.3 Å². The number of benzene rings is 2. The lowest BCUT2D eigenvalue weighted by Crippen LogP contribution is -2.28. The quantitative estimate of drug-likeness (QED) is 0.392. The topological polar surface area (TPSA) is 130 Å². The molecule has 0 saturated carbocycles. The van der Waals surface area contributed by atoms with Gasteiger partial charge in [0.05, 0.1) is 11.3 Å². The highest BCUT2D eigenvalue weighted by atomic mass is 19.1. The van der Waals surface area contributed by atoms with E-state index in [0.717, 1.165) is 4.90 Å². The molecule has 3 N–H and O–H groups in total. The number of aliphatic hydroxyl groups excluding tert-OH is 1. The van der Waals surface area contributed by atoms with E-state index in [9.17, 15) is 24.7 Å². The zero-order chi connectivity index (χ0) is 22.7. The minimum Gasteiger partial charge on any atom is -0.506 e. The van der Waals surface area contributed by atoms with E-state index in [1.807, 2.05) is 0 Å². The molecule has 1 aliphatic heterocycles. The van der Waals surface area contributed by atoms with E-state index in [2.05, 4.69) is 5.32 Å². The molecule has 0 saturated heterocycles. The molecule has 0 unspecified atom stereocenters. The van der Waals surface area contributed by atoms with Crippen LogP contribution >= 0.6 is 0 Å². The van der Waals surface area contributed by atoms with Crippen LogP contribution in [0.5, 0.6) is 11.5 Å². The number of anilines is 1. The number of carbonyl (C=O) groups is 1. The number of amides is 1. The van der Waals surface area contributed by atoms with E-state index in [1.54, 1.807) is 12.1 Å². The highest BCUT2D eigenvalue weighted by molar-refractivity contribution is 6.03. The number of nitriles is 2. The number of aryl methyl sites for hydroxylation is 1. The summed E-state index contributed by atoms with van der Waals surface area (Å²) in [5, 5.41) is 42.0. The summed E-state index contributed by atoms with van der Waals surface area (Å²) in [6, 6.07) is 8.74. The van der Waals surface area contributed by atoms with Crippen LogP contribution in [0.4, 0.5) is 10.1 Å². The van der Waals surface area contributed by atoms with Gasteiger partial charge in [0, 0.05) is 37.3 Å². The van der Waals surface area contributed by atoms with E-state index in [1.165, 1.54) is 38.2 Å². The van der Waals surface area contributed by atoms with Gasteiger partial charge in [0.2, 0.25) is 0 Å². The third kappa shape index (κ3) is 4.21. The fourth-order valence-corrected chi connectivity index (χ4v) is 3.19. The molecule has 9 heteroatoms. The molecule has 0 aliphatic carbocycles. The number of hydrogen-bond donors (Lipinski definition) is 3. The predicted molar refractivity (Wildman–Crippen MR) is 110 cm³/mol. The van der Waals surface area contributed by atoms with E-state index in [4.69, 9.17) is 10.00 Å². The number of ether oxygens (including phenoxy) is 1. The Morgan fingerprint density at radius 3 is 2.74 bits per heavy atom. The Morgan fingerprint density at radius 2 is 2.06 bits per heavy atom. The maximum Gasteiger partial charge on any atom is 0.268 e. The first-order chi connectivity index (χ1) is 14.8. The van der Waals surface area contributed by atoms with Crippen LogP contribution in [0.3, 0.4) is 0 Å². The summed E-state index contributed by atoms with van der Waals surface area (Å²) in [4.78, 5) is 13.9. The van der Waals surface area contributed by atoms with Crippen LogP contribution in [-0.4, -0.2) is 41.2 Å². The fourth-order valence-electron chi connectivity index (χ4n) is 3.19. The van der Waals surface area contributed by atoms with Gasteiger partial charge in [-0.25, -0.2) is 4.39 Å². The number of nitrogens with zero attached hydrogens (tertiary/aromatic N) is 3. The molecule has 8 nitrogen and oxygen atoms in total. The van der Waals surface area contributed by atoms with Gasteiger partial charge < -0.3 is 25.2 Å². The normalized spacial score (nSPS) is 12.9. The van der Waals surface area contributed by atoms with Crippen molar-refractivity contribution in [3.8, 4) is 23.6 Å². The number of aromatic hydroxyl groups is 1. The zero-order valence-electron chi connectivity index (χ0n) is 16.9. The number of likely N-dealkylation sites (N-methyl/N-ethyl adjacent to an activating group) is 1. The second-order valence-electron chi connectivity index (χ2n) is 7.01. The first-order valence-corrected chi connectivity index (χ1v) is 9.28. The molecule has 0 atom stereocenters. The van der Waals surface area contributed by atoms with Crippen LogP contribution in [0.15, 0.2) is 29.8 Å². The van der Waals surface area contributed by atoms with Gasteiger partial charge in [0.1, 0.15) is 41.8 Å². The molecule has 0 radical (unpaired) electrons. The van der Waals surface area contributed by atoms with E-state index in [0.29, 0.717) is 30.2 Å². The van der Waals surface area contributed by atoms with Crippen LogP contribution in [0, 0.1) is 35.4 Å². The summed E-state index contributed by atoms with van der Waals surface area (Å²) in [6.45, 7) is 2.34. The van der Waals surface area contributed by atoms with Crippen molar-refractivity contribution in [2.75, 3.05) is 25.5 Å². The zero-order valence-corrected chi connectivity index (χ0v) is 16.9. The smallest absolute Gasteiger partial charge is 0.268 e. The van der Waals surface area contributed by atoms with Crippen molar-refractivity contribution < 1.29 is 24.1 Å². The first-order valence-electron chi connectivity index (χ1n) is 9.28. The first kappa shape index (κ1) is 21.5. The predicted octanol–water partition coefficient (Wildman–Crippen LogP) is 2.97. The Bertz CT molecular complexity index is 1180. The summed E-state index contributed by atoms with van der Waals surface area (Å²) in [5.74, 6) is -1.81. The van der Waals surface area contributed by atoms with Gasteiger partial charge in [-0.15, -0.1) is 0 Å². The van der Waals surface area contributed by atoms with Crippen molar-refractivity contribution >= 4 is 17.4 Å². The summed E-state index contributed by atoms with van der Waals surface area (Å²) in [5.41, 5.74) is 0.347. The van der Waals surface area contributed by atoms with Crippen molar-refractivity contribution in [2.45, 2.75) is 13.5 Å². The van der Waals surface area contributed by atoms with Crippen LogP contribution < -0.4 is 10.1 Å². The number of aliphatic hydroxyl groups is 1. The number of carbonyl (C=O) groups excluding carboxylic acids is 1. The Morgan fingerprint density at radius 1 is 1.32 bits per heavy atom. The SMILES string of the molecule is Cc1cc(/C(O)=C(\C#N)C(=O)N(C)Cc2cc3c(cc2F)NCCO3)cc(C#N)c1O. The molecule has 1 amide bonds. The minimum absolute atomic E-state index is 0.0320. The molecular formula is C22H19FN4O4. The molecule has 3 rings (SSSR count). The second kappa shape index (κ2) is 8.64. The average molecular weight is 422 g/mol. The van der Waals surface area contributed by atoms with E-state index >= 15 is 0 Å². The highest BCUT2D eigenvalue weighted by Crippen LogP contribution is 2.31. The standard InChI is InChI=1S/C22H19FN4O4/c1-12-5-13(6-14(9-24)20(12)28)21(29)16(10-25)22(30)27(2)11-15-7-19-18(8-17(15)23)26-3-4-31-19/h5-8,26,28-29H,3-4,11H2,1-2H3/b21-16-. The monoisotopic (exact) mass is 422 g/mol. The Kier molecular flexibility index (Phi) is 5.98. The molecule has 0 fully saturated rings. The molecule has 0 aromatic heterocycles. The number of phenolic OH excluding ortho intramolecular Hbond substituents is 1. The summed E-state index contributed by atoms with van der Waals surface area (Å²) in [7, 11) is 1.37. The molecule has 31 heavy (non-hydrogen) atoms. The molecule has 158 valence electrons. The Balaban J connectivity index is 1.91. The minimum atomic E-state index is -0.833. The Labute approximate surface area is 178 Å². The molecule has 0 spiro atoms. The highest BCUT2D eigenvalue weighted by Gasteiger charge is 2.23. The van der Waals surface area contributed by atoms with Gasteiger partial charge >= 0.3 is 0 Å². The van der Waals surface area contributed by atoms with Crippen LogP contribution in [0.25, 0.3) is 5.76 Å². The maximum atomic E-state index is 14.5. The molecule has 2 aromatic rings. The lowest BCUT2D eigenvalue weighted by molar-refractivity contribution is -0.126. The van der Waals surface area contributed by atoms with Gasteiger partial charge in [-0.2, -0.15) is 10.5 Å². The number of nitrogens with one attached hydrogen (secondary N) is 1. The average Bonchev–Trinajstić information content (AvgIpc) is 2.76. The number of hydrogen-bond acceptors (Lipinski definition) is 7. The Hall–Kier alpha value is -4.24. The largest absolute Gasteiger partial charge is 0.506 e. The molecule has 1 heterocycles. The fraction of sp³-hybridized carbons (Fsp3) is 0.227. The molecular weight excluding hydrogens is 403 g/mol. The van der Waals surface area contributed by atoms with Crippen LogP contribution in [-0.2, 0) is 11.3 Å². The summed E-state index contributed by atoms with van der Waals surface area (Å²) < 4.78 is 19.9. The van der Waals surface area contributed by atoms with Crippen molar-refractivity contribution in [3.63, 3.8) is 0 Å². The third-order valence-corrected chi connectivity index (χ3v) is 4.83. The van der Waals surface area contributed by atoms with Crippen LogP contribution in [0.2, 0.25) is 0 Å². The lowest BCUT2D eigenvalue weighted by atomic mass is 10.0. The van der Waals surface area contributed by atoms with Crippen molar-refractivity contribution in [3.05, 3.63) is 57.9 Å². The lowest BCUT2D eigenvalue weighted by Gasteiger charge is -2.22. The van der Waals surface area contributed by atoms with Gasteiger partial charge in [0.15, 0.2) is 5.57 Å². The number of fused-ring (bicyclic) bond motifs is 1. The van der Waals surface area contributed by atoms with E-state index < -0.39 is 23.1 Å². The van der Waals surface area contributed by atoms with E-state index in [-0.39, 0.29) is 29.0 Å².